The Morgan fingerprint density at radius 2 is 1.90 bits per heavy atom. The van der Waals surface area contributed by atoms with Crippen molar-refractivity contribution >= 4 is 27.6 Å². The number of likely N-dealkylation sites (tertiary alicyclic amines) is 1. The van der Waals surface area contributed by atoms with Crippen molar-refractivity contribution in [3.8, 4) is 5.75 Å². The number of hydrogen-bond acceptors (Lipinski definition) is 3. The summed E-state index contributed by atoms with van der Waals surface area (Å²) in [5.74, 6) is 1.64. The summed E-state index contributed by atoms with van der Waals surface area (Å²) in [6.45, 7) is 6.55. The molecule has 30 heavy (non-hydrogen) atoms. The van der Waals surface area contributed by atoms with E-state index in [-0.39, 0.29) is 12.1 Å². The van der Waals surface area contributed by atoms with E-state index in [0.29, 0.717) is 12.5 Å². The molecule has 6 heteroatoms. The zero-order valence-electron chi connectivity index (χ0n) is 17.5. The summed E-state index contributed by atoms with van der Waals surface area (Å²) in [5, 5.41) is 3.15. The Bertz CT molecular complexity index is 853. The van der Waals surface area contributed by atoms with Gasteiger partial charge in [0.15, 0.2) is 0 Å². The molecule has 2 aromatic rings. The fourth-order valence-electron chi connectivity index (χ4n) is 4.50. The second-order valence-corrected chi connectivity index (χ2v) is 9.08. The van der Waals surface area contributed by atoms with Crippen LogP contribution in [0.3, 0.4) is 0 Å². The molecule has 2 amide bonds. The number of urea groups is 1. The number of rotatable bonds is 7. The van der Waals surface area contributed by atoms with E-state index in [9.17, 15) is 4.79 Å². The highest BCUT2D eigenvalue weighted by atomic mass is 79.9. The summed E-state index contributed by atoms with van der Waals surface area (Å²) in [7, 11) is 0. The lowest BCUT2D eigenvalue weighted by Crippen LogP contribution is -2.43. The molecule has 5 nitrogen and oxygen atoms in total. The van der Waals surface area contributed by atoms with Crippen LogP contribution >= 0.6 is 15.9 Å². The summed E-state index contributed by atoms with van der Waals surface area (Å²) in [6.07, 6.45) is 3.46. The van der Waals surface area contributed by atoms with Crippen molar-refractivity contribution in [1.29, 1.82) is 0 Å². The van der Waals surface area contributed by atoms with E-state index < -0.39 is 0 Å². The van der Waals surface area contributed by atoms with Crippen molar-refractivity contribution in [2.24, 2.45) is 5.92 Å². The number of ether oxygens (including phenoxy) is 1. The Hall–Kier alpha value is -2.05. The molecular weight excluding hydrogens is 442 g/mol. The van der Waals surface area contributed by atoms with Crippen LogP contribution in [0.1, 0.15) is 25.3 Å². The second-order valence-electron chi connectivity index (χ2n) is 8.23. The first-order chi connectivity index (χ1) is 14.6. The molecule has 0 radical (unpaired) electrons. The van der Waals surface area contributed by atoms with E-state index in [2.05, 4.69) is 38.3 Å². The minimum Gasteiger partial charge on any atom is -0.494 e. The summed E-state index contributed by atoms with van der Waals surface area (Å²) in [4.78, 5) is 16.7. The maximum absolute atomic E-state index is 12.4. The Morgan fingerprint density at radius 3 is 2.63 bits per heavy atom. The fraction of sp³-hybridized carbons (Fsp3) is 0.458. The first-order valence-corrected chi connectivity index (χ1v) is 11.7. The number of nitrogens with one attached hydrogen (secondary N) is 1. The van der Waals surface area contributed by atoms with Crippen molar-refractivity contribution < 1.29 is 9.53 Å². The number of hydrogen-bond donors (Lipinski definition) is 1. The molecule has 0 saturated carbocycles. The van der Waals surface area contributed by atoms with Gasteiger partial charge in [0.05, 0.1) is 12.6 Å². The smallest absolute Gasteiger partial charge is 0.322 e. The fourth-order valence-corrected chi connectivity index (χ4v) is 4.90. The quantitative estimate of drug-likeness (QED) is 0.636. The Balaban J connectivity index is 1.26. The standard InChI is InChI=1S/C24H30BrN3O2/c1-2-30-22-8-9-23(25)19(15-22)14-18-10-12-27(13-11-18)16-20-17-28(24(29)26-20)21-6-4-3-5-7-21/h3-9,15,18,20H,2,10-14,16-17H2,1H3,(H,26,29). The number of amides is 2. The first kappa shape index (κ1) is 21.2. The van der Waals surface area contributed by atoms with Crippen molar-refractivity contribution in [2.45, 2.75) is 32.2 Å². The lowest BCUT2D eigenvalue weighted by atomic mass is 9.90. The van der Waals surface area contributed by atoms with Crippen molar-refractivity contribution in [2.75, 3.05) is 37.7 Å². The summed E-state index contributed by atoms with van der Waals surface area (Å²) in [6, 6.07) is 16.4. The molecule has 2 aliphatic rings. The second kappa shape index (κ2) is 9.84. The number of piperidine rings is 1. The Kier molecular flexibility index (Phi) is 6.95. The number of carbonyl (C=O) groups is 1. The number of nitrogens with zero attached hydrogens (tertiary/aromatic N) is 2. The third-order valence-electron chi connectivity index (χ3n) is 6.07. The molecule has 160 valence electrons. The van der Waals surface area contributed by atoms with Crippen LogP contribution in [0.4, 0.5) is 10.5 Å². The van der Waals surface area contributed by atoms with Crippen LogP contribution in [0.5, 0.6) is 5.75 Å². The average Bonchev–Trinajstić information content (AvgIpc) is 3.13. The largest absolute Gasteiger partial charge is 0.494 e. The molecule has 0 aliphatic carbocycles. The molecule has 2 saturated heterocycles. The maximum atomic E-state index is 12.4. The molecule has 2 aliphatic heterocycles. The van der Waals surface area contributed by atoms with Crippen LogP contribution < -0.4 is 15.0 Å². The average molecular weight is 472 g/mol. The molecule has 0 spiro atoms. The van der Waals surface area contributed by atoms with Gasteiger partial charge in [0.2, 0.25) is 0 Å². The SMILES string of the molecule is CCOc1ccc(Br)c(CC2CCN(CC3CN(c4ccccc4)C(=O)N3)CC2)c1. The van der Waals surface area contributed by atoms with E-state index in [1.165, 1.54) is 22.9 Å². The van der Waals surface area contributed by atoms with Gasteiger partial charge in [0.25, 0.3) is 0 Å². The third kappa shape index (κ3) is 5.16. The molecule has 1 N–H and O–H groups in total. The molecule has 2 aromatic carbocycles. The van der Waals surface area contributed by atoms with E-state index in [4.69, 9.17) is 4.74 Å². The molecule has 4 rings (SSSR count). The summed E-state index contributed by atoms with van der Waals surface area (Å²) < 4.78 is 6.83. The van der Waals surface area contributed by atoms with Gasteiger partial charge < -0.3 is 15.0 Å². The topological polar surface area (TPSA) is 44.8 Å². The van der Waals surface area contributed by atoms with Crippen molar-refractivity contribution in [3.63, 3.8) is 0 Å². The van der Waals surface area contributed by atoms with Crippen LogP contribution in [0.25, 0.3) is 0 Å². The number of para-hydroxylation sites is 1. The number of benzene rings is 2. The number of carbonyl (C=O) groups excluding carboxylic acids is 1. The van der Waals surface area contributed by atoms with Gasteiger partial charge in [-0.3, -0.25) is 4.90 Å². The zero-order valence-corrected chi connectivity index (χ0v) is 19.1. The predicted octanol–water partition coefficient (Wildman–Crippen LogP) is 4.70. The molecule has 1 atom stereocenters. The molecule has 0 bridgehead atoms. The first-order valence-electron chi connectivity index (χ1n) is 10.9. The molecule has 2 heterocycles. The van der Waals surface area contributed by atoms with Gasteiger partial charge in [-0.05, 0) is 81.1 Å². The van der Waals surface area contributed by atoms with E-state index >= 15 is 0 Å². The van der Waals surface area contributed by atoms with Gasteiger partial charge in [-0.25, -0.2) is 4.79 Å². The molecule has 0 aromatic heterocycles. The van der Waals surface area contributed by atoms with Crippen LogP contribution in [-0.4, -0.2) is 49.8 Å². The lowest BCUT2D eigenvalue weighted by Gasteiger charge is -2.33. The normalized spacial score (nSPS) is 20.4. The minimum atomic E-state index is 0.0140. The van der Waals surface area contributed by atoms with Crippen LogP contribution in [0.15, 0.2) is 53.0 Å². The molecular formula is C24H30BrN3O2. The monoisotopic (exact) mass is 471 g/mol. The highest BCUT2D eigenvalue weighted by Gasteiger charge is 2.31. The number of anilines is 1. The number of halogens is 1. The minimum absolute atomic E-state index is 0.0140. The Labute approximate surface area is 187 Å². The van der Waals surface area contributed by atoms with Crippen molar-refractivity contribution in [1.82, 2.24) is 10.2 Å². The maximum Gasteiger partial charge on any atom is 0.322 e. The molecule has 2 fully saturated rings. The van der Waals surface area contributed by atoms with Crippen molar-refractivity contribution in [3.05, 3.63) is 58.6 Å². The summed E-state index contributed by atoms with van der Waals surface area (Å²) in [5.41, 5.74) is 2.30. The van der Waals surface area contributed by atoms with E-state index in [0.717, 1.165) is 44.0 Å². The van der Waals surface area contributed by atoms with Gasteiger partial charge >= 0.3 is 6.03 Å². The van der Waals surface area contributed by atoms with Crippen LogP contribution in [0, 0.1) is 5.92 Å². The van der Waals surface area contributed by atoms with Crippen LogP contribution in [0.2, 0.25) is 0 Å². The van der Waals surface area contributed by atoms with E-state index in [1.54, 1.807) is 0 Å². The zero-order chi connectivity index (χ0) is 20.9. The third-order valence-corrected chi connectivity index (χ3v) is 6.84. The summed E-state index contributed by atoms with van der Waals surface area (Å²) >= 11 is 3.70. The predicted molar refractivity (Wildman–Crippen MR) is 124 cm³/mol. The van der Waals surface area contributed by atoms with Gasteiger partial charge in [0, 0.05) is 23.2 Å². The lowest BCUT2D eigenvalue weighted by molar-refractivity contribution is 0.173. The van der Waals surface area contributed by atoms with Gasteiger partial charge in [0.1, 0.15) is 5.75 Å². The molecule has 1 unspecified atom stereocenters. The van der Waals surface area contributed by atoms with Gasteiger partial charge in [-0.15, -0.1) is 0 Å². The van der Waals surface area contributed by atoms with Crippen LogP contribution in [-0.2, 0) is 6.42 Å². The highest BCUT2D eigenvalue weighted by molar-refractivity contribution is 9.10. The van der Waals surface area contributed by atoms with E-state index in [1.807, 2.05) is 48.2 Å². The highest BCUT2D eigenvalue weighted by Crippen LogP contribution is 2.29. The Morgan fingerprint density at radius 1 is 1.13 bits per heavy atom. The van der Waals surface area contributed by atoms with Gasteiger partial charge in [-0.2, -0.15) is 0 Å². The van der Waals surface area contributed by atoms with Gasteiger partial charge in [-0.1, -0.05) is 34.1 Å².